The Morgan fingerprint density at radius 1 is 1.13 bits per heavy atom. The number of halogens is 2. The molecule has 0 saturated heterocycles. The second-order valence-corrected chi connectivity index (χ2v) is 6.90. The zero-order valence-corrected chi connectivity index (χ0v) is 13.2. The summed E-state index contributed by atoms with van der Waals surface area (Å²) in [5, 5.41) is 2.56. The van der Waals surface area contributed by atoms with E-state index in [1.807, 2.05) is 0 Å². The van der Waals surface area contributed by atoms with E-state index in [-0.39, 0.29) is 16.7 Å². The molecule has 0 atom stereocenters. The number of hydrogen-bond acceptors (Lipinski definition) is 4. The second kappa shape index (κ2) is 5.82. The van der Waals surface area contributed by atoms with Crippen molar-refractivity contribution in [2.24, 2.45) is 0 Å². The van der Waals surface area contributed by atoms with Gasteiger partial charge in [-0.3, -0.25) is 4.79 Å². The van der Waals surface area contributed by atoms with Crippen molar-refractivity contribution in [3.63, 3.8) is 0 Å². The largest absolute Gasteiger partial charge is 0.379 e. The summed E-state index contributed by atoms with van der Waals surface area (Å²) >= 11 is 5.81. The molecule has 1 aliphatic rings. The summed E-state index contributed by atoms with van der Waals surface area (Å²) in [6.45, 7) is 0. The molecule has 2 aromatic carbocycles. The first-order valence-corrected chi connectivity index (χ1v) is 8.46. The molecule has 0 aromatic heterocycles. The molecule has 120 valence electrons. The van der Waals surface area contributed by atoms with Crippen molar-refractivity contribution in [1.29, 1.82) is 0 Å². The molecule has 2 aromatic rings. The Balaban J connectivity index is 1.92. The number of benzene rings is 2. The number of nitrogens with one attached hydrogen (secondary N) is 1. The van der Waals surface area contributed by atoms with E-state index in [1.54, 1.807) is 6.07 Å². The minimum Gasteiger partial charge on any atom is -0.379 e. The topological polar surface area (TPSA) is 72.5 Å². The summed E-state index contributed by atoms with van der Waals surface area (Å²) in [5.74, 6) is -0.754. The van der Waals surface area contributed by atoms with Crippen molar-refractivity contribution >= 4 is 33.3 Å². The molecule has 0 aliphatic carbocycles. The van der Waals surface area contributed by atoms with Gasteiger partial charge in [0.2, 0.25) is 5.91 Å². The van der Waals surface area contributed by atoms with Gasteiger partial charge >= 0.3 is 10.1 Å². The van der Waals surface area contributed by atoms with E-state index >= 15 is 0 Å². The predicted molar refractivity (Wildman–Crippen MR) is 82.6 cm³/mol. The molecule has 0 fully saturated rings. The Bertz CT molecular complexity index is 898. The summed E-state index contributed by atoms with van der Waals surface area (Å²) in [4.78, 5) is 10.9. The summed E-state index contributed by atoms with van der Waals surface area (Å²) in [6, 6.07) is 7.51. The molecule has 1 aliphatic heterocycles. The molecule has 8 heteroatoms. The molecule has 0 saturated carbocycles. The Morgan fingerprint density at radius 3 is 2.70 bits per heavy atom. The molecule has 1 heterocycles. The minimum absolute atomic E-state index is 0.0697. The highest BCUT2D eigenvalue weighted by atomic mass is 35.5. The first-order valence-electron chi connectivity index (χ1n) is 6.67. The fraction of sp³-hybridized carbons (Fsp3) is 0.133. The third-order valence-electron chi connectivity index (χ3n) is 3.34. The number of anilines is 1. The van der Waals surface area contributed by atoms with Crippen LogP contribution in [0.5, 0.6) is 5.75 Å². The average molecular weight is 356 g/mol. The van der Waals surface area contributed by atoms with Crippen molar-refractivity contribution in [2.75, 3.05) is 5.32 Å². The quantitative estimate of drug-likeness (QED) is 0.858. The maximum Gasteiger partial charge on any atom is 0.340 e. The lowest BCUT2D eigenvalue weighted by molar-refractivity contribution is -0.116. The van der Waals surface area contributed by atoms with Gasteiger partial charge in [0.15, 0.2) is 0 Å². The molecule has 0 spiro atoms. The summed E-state index contributed by atoms with van der Waals surface area (Å²) < 4.78 is 42.8. The molecule has 0 bridgehead atoms. The van der Waals surface area contributed by atoms with Crippen LogP contribution in [-0.4, -0.2) is 14.3 Å². The predicted octanol–water partition coefficient (Wildman–Crippen LogP) is 3.13. The van der Waals surface area contributed by atoms with Gasteiger partial charge in [0.25, 0.3) is 0 Å². The lowest BCUT2D eigenvalue weighted by atomic mass is 10.0. The molecular formula is C15H11ClFNO4S. The van der Waals surface area contributed by atoms with Gasteiger partial charge in [0.1, 0.15) is 16.5 Å². The van der Waals surface area contributed by atoms with E-state index in [0.717, 1.165) is 23.8 Å². The summed E-state index contributed by atoms with van der Waals surface area (Å²) in [5.41, 5.74) is 1.39. The molecule has 0 unspecified atom stereocenters. The van der Waals surface area contributed by atoms with Crippen LogP contribution < -0.4 is 9.50 Å². The number of fused-ring (bicyclic) bond motifs is 1. The van der Waals surface area contributed by atoms with Crippen molar-refractivity contribution in [3.05, 3.63) is 52.8 Å². The molecule has 3 rings (SSSR count). The second-order valence-electron chi connectivity index (χ2n) is 4.98. The van der Waals surface area contributed by atoms with Crippen LogP contribution in [-0.2, 0) is 21.3 Å². The van der Waals surface area contributed by atoms with Gasteiger partial charge in [-0.05, 0) is 48.4 Å². The lowest BCUT2D eigenvalue weighted by Crippen LogP contribution is -2.19. The fourth-order valence-electron chi connectivity index (χ4n) is 2.25. The third kappa shape index (κ3) is 3.30. The zero-order chi connectivity index (χ0) is 16.6. The van der Waals surface area contributed by atoms with Crippen LogP contribution in [0.4, 0.5) is 10.1 Å². The van der Waals surface area contributed by atoms with E-state index in [4.69, 9.17) is 15.8 Å². The lowest BCUT2D eigenvalue weighted by Gasteiger charge is -2.17. The Labute approximate surface area is 137 Å². The van der Waals surface area contributed by atoms with Gasteiger partial charge in [-0.2, -0.15) is 8.42 Å². The molecule has 1 N–H and O–H groups in total. The van der Waals surface area contributed by atoms with Gasteiger partial charge in [-0.25, -0.2) is 4.39 Å². The monoisotopic (exact) mass is 355 g/mol. The summed E-state index contributed by atoms with van der Waals surface area (Å²) in [6.07, 6.45) is 0.804. The molecule has 1 amide bonds. The number of carbonyl (C=O) groups is 1. The van der Waals surface area contributed by atoms with Crippen molar-refractivity contribution < 1.29 is 21.8 Å². The van der Waals surface area contributed by atoms with Crippen molar-refractivity contribution in [1.82, 2.24) is 0 Å². The standard InChI is InChI=1S/C15H11ClFNO4S/c16-12-4-2-10(17)8-14(12)23(20,21)22-11-3-5-13-9(7-11)1-6-15(19)18-13/h2-5,7-8H,1,6H2,(H,18,19). The Hall–Kier alpha value is -2.12. The first-order chi connectivity index (χ1) is 10.8. The number of amides is 1. The van der Waals surface area contributed by atoms with E-state index in [0.29, 0.717) is 18.5 Å². The number of hydrogen-bond donors (Lipinski definition) is 1. The van der Waals surface area contributed by atoms with E-state index in [1.165, 1.54) is 12.1 Å². The van der Waals surface area contributed by atoms with E-state index in [2.05, 4.69) is 5.32 Å². The van der Waals surface area contributed by atoms with Gasteiger partial charge in [0, 0.05) is 12.1 Å². The van der Waals surface area contributed by atoms with Gasteiger partial charge in [-0.15, -0.1) is 0 Å². The van der Waals surface area contributed by atoms with Crippen LogP contribution in [0.3, 0.4) is 0 Å². The molecule has 0 radical (unpaired) electrons. The fourth-order valence-corrected chi connectivity index (χ4v) is 3.66. The number of aryl methyl sites for hydroxylation is 1. The van der Waals surface area contributed by atoms with Gasteiger partial charge in [-0.1, -0.05) is 11.6 Å². The van der Waals surface area contributed by atoms with E-state index < -0.39 is 20.8 Å². The first kappa shape index (κ1) is 15.8. The SMILES string of the molecule is O=C1CCc2cc(OS(=O)(=O)c3cc(F)ccc3Cl)ccc2N1. The van der Waals surface area contributed by atoms with Gasteiger partial charge < -0.3 is 9.50 Å². The average Bonchev–Trinajstić information content (AvgIpc) is 2.49. The van der Waals surface area contributed by atoms with Crippen LogP contribution in [0, 0.1) is 5.82 Å². The van der Waals surface area contributed by atoms with Crippen LogP contribution in [0.1, 0.15) is 12.0 Å². The highest BCUT2D eigenvalue weighted by Crippen LogP contribution is 2.30. The number of rotatable bonds is 3. The minimum atomic E-state index is -4.26. The maximum absolute atomic E-state index is 13.3. The normalized spacial score (nSPS) is 14.1. The molecular weight excluding hydrogens is 345 g/mol. The van der Waals surface area contributed by atoms with Crippen LogP contribution >= 0.6 is 11.6 Å². The van der Waals surface area contributed by atoms with Crippen molar-refractivity contribution in [3.8, 4) is 5.75 Å². The summed E-state index contributed by atoms with van der Waals surface area (Å²) in [7, 11) is -4.26. The Morgan fingerprint density at radius 2 is 1.91 bits per heavy atom. The van der Waals surface area contributed by atoms with E-state index in [9.17, 15) is 17.6 Å². The zero-order valence-electron chi connectivity index (χ0n) is 11.7. The van der Waals surface area contributed by atoms with Gasteiger partial charge in [0.05, 0.1) is 5.02 Å². The van der Waals surface area contributed by atoms with Crippen molar-refractivity contribution in [2.45, 2.75) is 17.7 Å². The maximum atomic E-state index is 13.3. The Kier molecular flexibility index (Phi) is 3.99. The highest BCUT2D eigenvalue weighted by Gasteiger charge is 2.22. The van der Waals surface area contributed by atoms with Crippen LogP contribution in [0.2, 0.25) is 5.02 Å². The van der Waals surface area contributed by atoms with Crippen LogP contribution in [0.25, 0.3) is 0 Å². The number of carbonyl (C=O) groups excluding carboxylic acids is 1. The molecule has 5 nitrogen and oxygen atoms in total. The third-order valence-corrected chi connectivity index (χ3v) is 5.07. The van der Waals surface area contributed by atoms with Crippen LogP contribution in [0.15, 0.2) is 41.3 Å². The smallest absolute Gasteiger partial charge is 0.340 e. The highest BCUT2D eigenvalue weighted by molar-refractivity contribution is 7.87. The molecule has 23 heavy (non-hydrogen) atoms.